The molecular formula is C31H46N4. The Hall–Kier alpha value is -2.46. The van der Waals surface area contributed by atoms with Crippen LogP contribution in [0.25, 0.3) is 6.08 Å². The SMILES string of the molecule is C=C(/C=C\c1cnc(Nc2cccc(CN3CCC(CC)CC3)c2)nc1C)CCCC(CC)CC. The molecular weight excluding hydrogens is 428 g/mol. The predicted molar refractivity (Wildman–Crippen MR) is 151 cm³/mol. The van der Waals surface area contributed by atoms with E-state index >= 15 is 0 Å². The molecule has 0 amide bonds. The summed E-state index contributed by atoms with van der Waals surface area (Å²) in [6.07, 6.45) is 16.2. The van der Waals surface area contributed by atoms with Gasteiger partial charge in [0.25, 0.3) is 0 Å². The Morgan fingerprint density at radius 3 is 2.66 bits per heavy atom. The molecule has 1 aliphatic heterocycles. The molecule has 0 radical (unpaired) electrons. The first-order valence-corrected chi connectivity index (χ1v) is 13.8. The van der Waals surface area contributed by atoms with Crippen LogP contribution in [0.5, 0.6) is 0 Å². The average molecular weight is 475 g/mol. The van der Waals surface area contributed by atoms with Gasteiger partial charge in [0.1, 0.15) is 0 Å². The van der Waals surface area contributed by atoms with Crippen molar-refractivity contribution in [3.05, 3.63) is 65.5 Å². The first-order chi connectivity index (χ1) is 17.0. The smallest absolute Gasteiger partial charge is 0.227 e. The van der Waals surface area contributed by atoms with Crippen molar-refractivity contribution in [1.82, 2.24) is 14.9 Å². The number of hydrogen-bond acceptors (Lipinski definition) is 4. The van der Waals surface area contributed by atoms with Gasteiger partial charge in [-0.05, 0) is 75.2 Å². The molecule has 0 unspecified atom stereocenters. The minimum Gasteiger partial charge on any atom is -0.324 e. The van der Waals surface area contributed by atoms with Crippen molar-refractivity contribution < 1.29 is 0 Å². The van der Waals surface area contributed by atoms with Gasteiger partial charge < -0.3 is 5.32 Å². The number of aryl methyl sites for hydroxylation is 1. The highest BCUT2D eigenvalue weighted by Crippen LogP contribution is 2.23. The fraction of sp³-hybridized carbons (Fsp3) is 0.548. The van der Waals surface area contributed by atoms with Gasteiger partial charge in [-0.3, -0.25) is 4.90 Å². The van der Waals surface area contributed by atoms with Gasteiger partial charge in [0.15, 0.2) is 0 Å². The number of benzene rings is 1. The van der Waals surface area contributed by atoms with E-state index in [9.17, 15) is 0 Å². The zero-order valence-electron chi connectivity index (χ0n) is 22.5. The van der Waals surface area contributed by atoms with Crippen LogP contribution in [0.1, 0.15) is 89.0 Å². The van der Waals surface area contributed by atoms with Crippen LogP contribution in [0.2, 0.25) is 0 Å². The van der Waals surface area contributed by atoms with Crippen LogP contribution in [0.3, 0.4) is 0 Å². The molecule has 1 aromatic heterocycles. The highest BCUT2D eigenvalue weighted by atomic mass is 15.1. The van der Waals surface area contributed by atoms with E-state index in [1.165, 1.54) is 69.2 Å². The van der Waals surface area contributed by atoms with Crippen LogP contribution in [0.4, 0.5) is 11.6 Å². The lowest BCUT2D eigenvalue weighted by Crippen LogP contribution is -2.32. The molecule has 1 fully saturated rings. The Labute approximate surface area is 214 Å². The summed E-state index contributed by atoms with van der Waals surface area (Å²) in [6.45, 7) is 16.6. The number of nitrogens with zero attached hydrogens (tertiary/aromatic N) is 3. The third-order valence-electron chi connectivity index (χ3n) is 7.65. The normalized spacial score (nSPS) is 15.2. The van der Waals surface area contributed by atoms with E-state index in [4.69, 9.17) is 4.98 Å². The van der Waals surface area contributed by atoms with Gasteiger partial charge in [0.2, 0.25) is 5.95 Å². The number of rotatable bonds is 13. The van der Waals surface area contributed by atoms with Crippen LogP contribution in [0.15, 0.2) is 48.7 Å². The lowest BCUT2D eigenvalue weighted by atomic mass is 9.94. The second kappa shape index (κ2) is 14.2. The topological polar surface area (TPSA) is 41.1 Å². The zero-order valence-corrected chi connectivity index (χ0v) is 22.5. The number of piperidine rings is 1. The van der Waals surface area contributed by atoms with E-state index in [0.29, 0.717) is 5.95 Å². The molecule has 0 bridgehead atoms. The maximum atomic E-state index is 4.70. The first-order valence-electron chi connectivity index (χ1n) is 13.8. The molecule has 1 aromatic carbocycles. The number of likely N-dealkylation sites (tertiary alicyclic amines) is 1. The quantitative estimate of drug-likeness (QED) is 0.296. The number of nitrogens with one attached hydrogen (secondary N) is 1. The Morgan fingerprint density at radius 1 is 1.20 bits per heavy atom. The highest BCUT2D eigenvalue weighted by Gasteiger charge is 2.17. The molecule has 1 N–H and O–H groups in total. The summed E-state index contributed by atoms with van der Waals surface area (Å²) in [7, 11) is 0. The fourth-order valence-corrected chi connectivity index (χ4v) is 4.99. The molecule has 1 saturated heterocycles. The summed E-state index contributed by atoms with van der Waals surface area (Å²) in [5, 5.41) is 3.40. The largest absolute Gasteiger partial charge is 0.324 e. The molecule has 0 atom stereocenters. The van der Waals surface area contributed by atoms with Crippen molar-refractivity contribution in [2.75, 3.05) is 18.4 Å². The number of hydrogen-bond donors (Lipinski definition) is 1. The van der Waals surface area contributed by atoms with Gasteiger partial charge in [0.05, 0.1) is 5.69 Å². The van der Waals surface area contributed by atoms with Gasteiger partial charge in [-0.15, -0.1) is 0 Å². The van der Waals surface area contributed by atoms with Crippen molar-refractivity contribution in [2.24, 2.45) is 11.8 Å². The first kappa shape index (κ1) is 27.1. The second-order valence-electron chi connectivity index (χ2n) is 10.3. The fourth-order valence-electron chi connectivity index (χ4n) is 4.99. The van der Waals surface area contributed by atoms with Gasteiger partial charge in [-0.1, -0.05) is 82.9 Å². The van der Waals surface area contributed by atoms with Gasteiger partial charge in [0, 0.05) is 24.0 Å². The molecule has 2 heterocycles. The molecule has 4 heteroatoms. The van der Waals surface area contributed by atoms with Gasteiger partial charge in [-0.2, -0.15) is 0 Å². The van der Waals surface area contributed by atoms with Crippen molar-refractivity contribution >= 4 is 17.7 Å². The molecule has 4 nitrogen and oxygen atoms in total. The minimum atomic E-state index is 0.643. The standard InChI is InChI=1S/C31H46N4/c1-6-26(7-2)12-9-11-24(4)15-16-29-22-32-31(33-25(29)5)34-30-14-10-13-28(21-30)23-35-19-17-27(8-3)18-20-35/h10,13-16,21-22,26-27H,4,6-9,11-12,17-20,23H2,1-3,5H3,(H,32,33,34)/b16-15-. The monoisotopic (exact) mass is 474 g/mol. The summed E-state index contributed by atoms with van der Waals surface area (Å²) in [6, 6.07) is 8.65. The van der Waals surface area contributed by atoms with E-state index in [2.05, 4.69) is 79.0 Å². The molecule has 1 aliphatic rings. The maximum Gasteiger partial charge on any atom is 0.227 e. The summed E-state index contributed by atoms with van der Waals surface area (Å²) >= 11 is 0. The van der Waals surface area contributed by atoms with Crippen molar-refractivity contribution in [1.29, 1.82) is 0 Å². The van der Waals surface area contributed by atoms with E-state index in [1.807, 2.05) is 13.1 Å². The van der Waals surface area contributed by atoms with Crippen LogP contribution in [0, 0.1) is 18.8 Å². The molecule has 0 aliphatic carbocycles. The lowest BCUT2D eigenvalue weighted by Gasteiger charge is -2.31. The summed E-state index contributed by atoms with van der Waals surface area (Å²) in [5.74, 6) is 2.40. The van der Waals surface area contributed by atoms with Crippen LogP contribution in [-0.4, -0.2) is 28.0 Å². The molecule has 35 heavy (non-hydrogen) atoms. The van der Waals surface area contributed by atoms with Crippen LogP contribution in [-0.2, 0) is 6.54 Å². The highest BCUT2D eigenvalue weighted by molar-refractivity contribution is 5.58. The van der Waals surface area contributed by atoms with Crippen molar-refractivity contribution in [2.45, 2.75) is 85.6 Å². The average Bonchev–Trinajstić information content (AvgIpc) is 2.87. The third-order valence-corrected chi connectivity index (χ3v) is 7.65. The zero-order chi connectivity index (χ0) is 25.0. The molecule has 2 aromatic rings. The van der Waals surface area contributed by atoms with Crippen molar-refractivity contribution in [3.63, 3.8) is 0 Å². The van der Waals surface area contributed by atoms with Crippen molar-refractivity contribution in [3.8, 4) is 0 Å². The molecule has 190 valence electrons. The molecule has 0 saturated carbocycles. The second-order valence-corrected chi connectivity index (χ2v) is 10.3. The van der Waals surface area contributed by atoms with Gasteiger partial charge >= 0.3 is 0 Å². The summed E-state index contributed by atoms with van der Waals surface area (Å²) in [5.41, 5.74) is 5.57. The van der Waals surface area contributed by atoms with Gasteiger partial charge in [-0.25, -0.2) is 9.97 Å². The number of anilines is 2. The predicted octanol–water partition coefficient (Wildman–Crippen LogP) is 8.33. The van der Waals surface area contributed by atoms with E-state index in [1.54, 1.807) is 0 Å². The Morgan fingerprint density at radius 2 is 1.97 bits per heavy atom. The number of allylic oxidation sites excluding steroid dienone is 2. The molecule has 3 rings (SSSR count). The summed E-state index contributed by atoms with van der Waals surface area (Å²) < 4.78 is 0. The Kier molecular flexibility index (Phi) is 11.0. The Balaban J connectivity index is 1.52. The van der Waals surface area contributed by atoms with Crippen LogP contribution >= 0.6 is 0 Å². The van der Waals surface area contributed by atoms with E-state index < -0.39 is 0 Å². The summed E-state index contributed by atoms with van der Waals surface area (Å²) in [4.78, 5) is 11.8. The molecule has 0 spiro atoms. The van der Waals surface area contributed by atoms with E-state index in [-0.39, 0.29) is 0 Å². The number of aromatic nitrogens is 2. The lowest BCUT2D eigenvalue weighted by molar-refractivity contribution is 0.175. The third kappa shape index (κ3) is 8.92. The Bertz CT molecular complexity index is 952. The maximum absolute atomic E-state index is 4.70. The minimum absolute atomic E-state index is 0.643. The van der Waals surface area contributed by atoms with E-state index in [0.717, 1.165) is 41.7 Å². The van der Waals surface area contributed by atoms with Crippen LogP contribution < -0.4 is 5.32 Å².